The Morgan fingerprint density at radius 1 is 1.11 bits per heavy atom. The van der Waals surface area contributed by atoms with Gasteiger partial charge in [0.2, 0.25) is 5.96 Å². The Kier molecular flexibility index (Phi) is 5.32. The standard InChI is InChI=1S/C14H28N4/c1-7-12(2)16-13(15-6)17-8-10-18(11-9-17)14(3,4)5/h7-11H2,1-6H3/b15-13?,16-12-. The third kappa shape index (κ3) is 4.09. The lowest BCUT2D eigenvalue weighted by Gasteiger charge is -2.42. The highest BCUT2D eigenvalue weighted by molar-refractivity contribution is 5.95. The van der Waals surface area contributed by atoms with Crippen LogP contribution in [0.5, 0.6) is 0 Å². The molecule has 1 saturated heterocycles. The SMILES string of the molecule is CC/C(C)=N\C(=NC)N1CCN(C(C)(C)C)CC1. The van der Waals surface area contributed by atoms with Crippen molar-refractivity contribution in [3.05, 3.63) is 0 Å². The first-order chi connectivity index (χ1) is 8.38. The quantitative estimate of drug-likeness (QED) is 0.529. The van der Waals surface area contributed by atoms with Gasteiger partial charge in [0.05, 0.1) is 0 Å². The van der Waals surface area contributed by atoms with Gasteiger partial charge in [-0.05, 0) is 34.1 Å². The average Bonchev–Trinajstić information content (AvgIpc) is 2.34. The van der Waals surface area contributed by atoms with Crippen LogP contribution in [-0.4, -0.2) is 60.2 Å². The van der Waals surface area contributed by atoms with Crippen LogP contribution in [0, 0.1) is 0 Å². The van der Waals surface area contributed by atoms with Gasteiger partial charge < -0.3 is 4.90 Å². The smallest absolute Gasteiger partial charge is 0.220 e. The molecule has 0 spiro atoms. The highest BCUT2D eigenvalue weighted by Gasteiger charge is 2.26. The molecule has 0 amide bonds. The Labute approximate surface area is 112 Å². The van der Waals surface area contributed by atoms with Crippen LogP contribution in [0.15, 0.2) is 9.98 Å². The van der Waals surface area contributed by atoms with Gasteiger partial charge in [0.1, 0.15) is 0 Å². The zero-order valence-corrected chi connectivity index (χ0v) is 12.8. The lowest BCUT2D eigenvalue weighted by atomic mass is 10.1. The van der Waals surface area contributed by atoms with Crippen molar-refractivity contribution in [2.75, 3.05) is 33.2 Å². The minimum absolute atomic E-state index is 0.262. The largest absolute Gasteiger partial charge is 0.339 e. The number of nitrogens with zero attached hydrogens (tertiary/aromatic N) is 4. The van der Waals surface area contributed by atoms with Crippen LogP contribution in [0.4, 0.5) is 0 Å². The van der Waals surface area contributed by atoms with Crippen molar-refractivity contribution in [3.63, 3.8) is 0 Å². The van der Waals surface area contributed by atoms with E-state index in [-0.39, 0.29) is 5.54 Å². The van der Waals surface area contributed by atoms with Gasteiger partial charge in [-0.25, -0.2) is 4.99 Å². The van der Waals surface area contributed by atoms with Gasteiger partial charge in [-0.1, -0.05) is 6.92 Å². The molecule has 0 radical (unpaired) electrons. The zero-order valence-electron chi connectivity index (χ0n) is 12.8. The Morgan fingerprint density at radius 3 is 2.06 bits per heavy atom. The maximum atomic E-state index is 4.60. The summed E-state index contributed by atoms with van der Waals surface area (Å²) in [5, 5.41) is 0. The normalized spacial score (nSPS) is 20.4. The minimum Gasteiger partial charge on any atom is -0.339 e. The summed E-state index contributed by atoms with van der Waals surface area (Å²) in [5.41, 5.74) is 1.41. The first-order valence-electron chi connectivity index (χ1n) is 6.89. The number of rotatable bonds is 1. The highest BCUT2D eigenvalue weighted by atomic mass is 15.3. The lowest BCUT2D eigenvalue weighted by Crippen LogP contribution is -2.54. The molecule has 4 heteroatoms. The van der Waals surface area contributed by atoms with Gasteiger partial charge in [-0.3, -0.25) is 9.89 Å². The molecule has 0 N–H and O–H groups in total. The van der Waals surface area contributed by atoms with E-state index in [1.54, 1.807) is 0 Å². The molecule has 1 fully saturated rings. The van der Waals surface area contributed by atoms with Gasteiger partial charge in [0, 0.05) is 44.5 Å². The van der Waals surface area contributed by atoms with Crippen molar-refractivity contribution >= 4 is 11.7 Å². The molecule has 0 aromatic carbocycles. The maximum absolute atomic E-state index is 4.60. The van der Waals surface area contributed by atoms with Crippen LogP contribution < -0.4 is 0 Å². The molecule has 0 unspecified atom stereocenters. The molecule has 0 atom stereocenters. The van der Waals surface area contributed by atoms with E-state index >= 15 is 0 Å². The second kappa shape index (κ2) is 6.32. The van der Waals surface area contributed by atoms with Gasteiger partial charge in [-0.2, -0.15) is 0 Å². The average molecular weight is 252 g/mol. The number of guanidine groups is 1. The zero-order chi connectivity index (χ0) is 13.8. The summed E-state index contributed by atoms with van der Waals surface area (Å²) in [4.78, 5) is 13.7. The summed E-state index contributed by atoms with van der Waals surface area (Å²) in [6.45, 7) is 15.2. The summed E-state index contributed by atoms with van der Waals surface area (Å²) in [5.74, 6) is 0.892. The van der Waals surface area contributed by atoms with Crippen molar-refractivity contribution in [2.24, 2.45) is 9.98 Å². The van der Waals surface area contributed by atoms with E-state index in [0.29, 0.717) is 0 Å². The lowest BCUT2D eigenvalue weighted by molar-refractivity contribution is 0.0879. The van der Waals surface area contributed by atoms with E-state index in [4.69, 9.17) is 0 Å². The molecule has 104 valence electrons. The number of piperazine rings is 1. The van der Waals surface area contributed by atoms with Crippen molar-refractivity contribution in [1.29, 1.82) is 0 Å². The molecule has 0 saturated carbocycles. The first kappa shape index (κ1) is 15.2. The van der Waals surface area contributed by atoms with E-state index in [0.717, 1.165) is 44.3 Å². The number of hydrogen-bond acceptors (Lipinski definition) is 2. The fourth-order valence-corrected chi connectivity index (χ4v) is 2.09. The first-order valence-corrected chi connectivity index (χ1v) is 6.89. The molecule has 0 bridgehead atoms. The van der Waals surface area contributed by atoms with Crippen LogP contribution >= 0.6 is 0 Å². The predicted molar refractivity (Wildman–Crippen MR) is 79.7 cm³/mol. The van der Waals surface area contributed by atoms with Gasteiger partial charge >= 0.3 is 0 Å². The monoisotopic (exact) mass is 252 g/mol. The van der Waals surface area contributed by atoms with Crippen molar-refractivity contribution in [2.45, 2.75) is 46.6 Å². The van der Waals surface area contributed by atoms with E-state index in [9.17, 15) is 0 Å². The van der Waals surface area contributed by atoms with Crippen LogP contribution in [0.2, 0.25) is 0 Å². The van der Waals surface area contributed by atoms with Gasteiger partial charge in [0.25, 0.3) is 0 Å². The molecule has 0 aromatic rings. The predicted octanol–water partition coefficient (Wildman–Crippen LogP) is 2.26. The summed E-state index contributed by atoms with van der Waals surface area (Å²) in [7, 11) is 1.83. The van der Waals surface area contributed by atoms with E-state index < -0.39 is 0 Å². The number of aliphatic imine (C=N–C) groups is 2. The number of hydrogen-bond donors (Lipinski definition) is 0. The summed E-state index contributed by atoms with van der Waals surface area (Å²) in [6.07, 6.45) is 0.987. The topological polar surface area (TPSA) is 31.2 Å². The Hall–Kier alpha value is -0.900. The summed E-state index contributed by atoms with van der Waals surface area (Å²) in [6, 6.07) is 0. The van der Waals surface area contributed by atoms with Crippen LogP contribution in [0.1, 0.15) is 41.0 Å². The Morgan fingerprint density at radius 2 is 1.67 bits per heavy atom. The molecule has 1 aliphatic heterocycles. The van der Waals surface area contributed by atoms with E-state index in [1.807, 2.05) is 7.05 Å². The van der Waals surface area contributed by atoms with Crippen molar-refractivity contribution < 1.29 is 0 Å². The fourth-order valence-electron chi connectivity index (χ4n) is 2.09. The van der Waals surface area contributed by atoms with E-state index in [2.05, 4.69) is 54.4 Å². The molecule has 0 aliphatic carbocycles. The van der Waals surface area contributed by atoms with Crippen LogP contribution in [-0.2, 0) is 0 Å². The van der Waals surface area contributed by atoms with Crippen molar-refractivity contribution in [1.82, 2.24) is 9.80 Å². The van der Waals surface area contributed by atoms with Gasteiger partial charge in [0.15, 0.2) is 0 Å². The Balaban J connectivity index is 2.62. The third-order valence-corrected chi connectivity index (χ3v) is 3.51. The molecule has 1 rings (SSSR count). The maximum Gasteiger partial charge on any atom is 0.220 e. The summed E-state index contributed by atoms with van der Waals surface area (Å²) >= 11 is 0. The van der Waals surface area contributed by atoms with Crippen LogP contribution in [0.25, 0.3) is 0 Å². The molecule has 1 heterocycles. The minimum atomic E-state index is 0.262. The van der Waals surface area contributed by atoms with Gasteiger partial charge in [-0.15, -0.1) is 0 Å². The second-order valence-corrected chi connectivity index (χ2v) is 5.87. The molecule has 4 nitrogen and oxygen atoms in total. The summed E-state index contributed by atoms with van der Waals surface area (Å²) < 4.78 is 0. The third-order valence-electron chi connectivity index (χ3n) is 3.51. The molecule has 18 heavy (non-hydrogen) atoms. The Bertz CT molecular complexity index is 317. The van der Waals surface area contributed by atoms with Crippen LogP contribution in [0.3, 0.4) is 0 Å². The molecule has 0 aromatic heterocycles. The highest BCUT2D eigenvalue weighted by Crippen LogP contribution is 2.16. The molecular formula is C14H28N4. The molecule has 1 aliphatic rings. The van der Waals surface area contributed by atoms with Crippen molar-refractivity contribution in [3.8, 4) is 0 Å². The molecular weight excluding hydrogens is 224 g/mol. The second-order valence-electron chi connectivity index (χ2n) is 5.87. The fraction of sp³-hybridized carbons (Fsp3) is 0.857. The van der Waals surface area contributed by atoms with E-state index in [1.165, 1.54) is 0 Å².